The van der Waals surface area contributed by atoms with Crippen molar-refractivity contribution in [2.24, 2.45) is 11.7 Å². The van der Waals surface area contributed by atoms with E-state index in [0.717, 1.165) is 0 Å². The summed E-state index contributed by atoms with van der Waals surface area (Å²) in [6, 6.07) is -0.690. The molecule has 0 aromatic carbocycles. The molecular weight excluding hydrogens is 141 g/mol. The molecule has 1 atom stereocenters. The first-order valence-electron chi connectivity index (χ1n) is 3.02. The number of carboxylic acids is 1. The zero-order valence-corrected chi connectivity index (χ0v) is 8.79. The number of aliphatic carboxylic acids is 1. The number of hydrogen-bond donors (Lipinski definition) is 2. The summed E-state index contributed by atoms with van der Waals surface area (Å²) < 4.78 is 0. The molecular formula is C6H13NNaO2. The van der Waals surface area contributed by atoms with Gasteiger partial charge in [0.2, 0.25) is 0 Å². The summed E-state index contributed by atoms with van der Waals surface area (Å²) in [5.41, 5.74) is 5.22. The van der Waals surface area contributed by atoms with Gasteiger partial charge in [-0.25, -0.2) is 0 Å². The van der Waals surface area contributed by atoms with Crippen LogP contribution in [0.2, 0.25) is 0 Å². The molecule has 3 N–H and O–H groups in total. The molecule has 0 aromatic rings. The number of nitrogens with two attached hydrogens (primary N) is 1. The molecule has 55 valence electrons. The van der Waals surface area contributed by atoms with Crippen molar-refractivity contribution in [3.05, 3.63) is 0 Å². The van der Waals surface area contributed by atoms with Crippen LogP contribution in [-0.4, -0.2) is 46.7 Å². The Morgan fingerprint density at radius 1 is 1.60 bits per heavy atom. The number of carboxylic acid groups (broad SMARTS) is 1. The van der Waals surface area contributed by atoms with Crippen molar-refractivity contribution < 1.29 is 9.90 Å². The quantitative estimate of drug-likeness (QED) is 0.565. The molecule has 0 fully saturated rings. The van der Waals surface area contributed by atoms with Crippen LogP contribution in [0.25, 0.3) is 0 Å². The summed E-state index contributed by atoms with van der Waals surface area (Å²) in [5, 5.41) is 8.31. The molecule has 4 heteroatoms. The number of rotatable bonds is 3. The SMILES string of the molecule is CC(C)C[C@H](N)C(=O)O.[Na]. The summed E-state index contributed by atoms with van der Waals surface area (Å²) in [4.78, 5) is 10.1. The molecule has 0 unspecified atom stereocenters. The molecule has 0 saturated carbocycles. The molecule has 0 aliphatic heterocycles. The van der Waals surface area contributed by atoms with Gasteiger partial charge in [-0.15, -0.1) is 0 Å². The Bertz CT molecular complexity index is 106. The van der Waals surface area contributed by atoms with Crippen molar-refractivity contribution in [1.82, 2.24) is 0 Å². The van der Waals surface area contributed by atoms with E-state index < -0.39 is 12.0 Å². The van der Waals surface area contributed by atoms with Crippen LogP contribution in [0.5, 0.6) is 0 Å². The molecule has 0 spiro atoms. The zero-order valence-electron chi connectivity index (χ0n) is 6.79. The fraction of sp³-hybridized carbons (Fsp3) is 0.833. The summed E-state index contributed by atoms with van der Waals surface area (Å²) in [7, 11) is 0. The van der Waals surface area contributed by atoms with Crippen LogP contribution < -0.4 is 5.73 Å². The second-order valence-corrected chi connectivity index (χ2v) is 2.57. The topological polar surface area (TPSA) is 63.3 Å². The maximum Gasteiger partial charge on any atom is 0.320 e. The third-order valence-electron chi connectivity index (χ3n) is 1.04. The smallest absolute Gasteiger partial charge is 0.320 e. The van der Waals surface area contributed by atoms with Crippen LogP contribution >= 0.6 is 0 Å². The van der Waals surface area contributed by atoms with E-state index >= 15 is 0 Å². The molecule has 10 heavy (non-hydrogen) atoms. The van der Waals surface area contributed by atoms with Crippen LogP contribution in [0.1, 0.15) is 20.3 Å². The Morgan fingerprint density at radius 3 is 2.10 bits per heavy atom. The van der Waals surface area contributed by atoms with Crippen molar-refractivity contribution in [3.8, 4) is 0 Å². The molecule has 0 aromatic heterocycles. The minimum absolute atomic E-state index is 0. The molecule has 0 amide bonds. The third kappa shape index (κ3) is 6.55. The van der Waals surface area contributed by atoms with Gasteiger partial charge in [-0.1, -0.05) is 13.8 Å². The van der Waals surface area contributed by atoms with Crippen molar-refractivity contribution in [2.45, 2.75) is 26.3 Å². The van der Waals surface area contributed by atoms with E-state index in [-0.39, 0.29) is 29.6 Å². The number of carbonyl (C=O) groups is 1. The van der Waals surface area contributed by atoms with E-state index in [1.165, 1.54) is 0 Å². The van der Waals surface area contributed by atoms with Crippen LogP contribution in [0, 0.1) is 5.92 Å². The van der Waals surface area contributed by atoms with Gasteiger partial charge >= 0.3 is 5.97 Å². The standard InChI is InChI=1S/C6H13NO2.Na/c1-4(2)3-5(7)6(8)9;/h4-5H,3,7H2,1-2H3,(H,8,9);/t5-;/m0./s1. The van der Waals surface area contributed by atoms with Gasteiger partial charge in [0.1, 0.15) is 6.04 Å². The Kier molecular flexibility index (Phi) is 8.04. The third-order valence-corrected chi connectivity index (χ3v) is 1.04. The monoisotopic (exact) mass is 154 g/mol. The first kappa shape index (κ1) is 13.1. The first-order chi connectivity index (χ1) is 4.04. The van der Waals surface area contributed by atoms with Crippen molar-refractivity contribution in [3.63, 3.8) is 0 Å². The summed E-state index contributed by atoms with van der Waals surface area (Å²) in [6.07, 6.45) is 0.551. The van der Waals surface area contributed by atoms with E-state index in [2.05, 4.69) is 0 Å². The van der Waals surface area contributed by atoms with Crippen LogP contribution in [0.4, 0.5) is 0 Å². The largest absolute Gasteiger partial charge is 0.480 e. The van der Waals surface area contributed by atoms with Crippen LogP contribution in [0.15, 0.2) is 0 Å². The average Bonchev–Trinajstić information content (AvgIpc) is 1.63. The van der Waals surface area contributed by atoms with Crippen molar-refractivity contribution in [2.75, 3.05) is 0 Å². The van der Waals surface area contributed by atoms with E-state index in [4.69, 9.17) is 10.8 Å². The maximum atomic E-state index is 10.1. The van der Waals surface area contributed by atoms with E-state index in [1.54, 1.807) is 0 Å². The maximum absolute atomic E-state index is 10.1. The minimum atomic E-state index is -0.913. The second kappa shape index (κ2) is 6.16. The normalized spacial score (nSPS) is 12.4. The van der Waals surface area contributed by atoms with Crippen molar-refractivity contribution in [1.29, 1.82) is 0 Å². The predicted molar refractivity (Wildman–Crippen MR) is 40.8 cm³/mol. The molecule has 1 radical (unpaired) electrons. The van der Waals surface area contributed by atoms with Gasteiger partial charge < -0.3 is 10.8 Å². The van der Waals surface area contributed by atoms with Gasteiger partial charge in [0.15, 0.2) is 0 Å². The number of hydrogen-bond acceptors (Lipinski definition) is 2. The predicted octanol–water partition coefficient (Wildman–Crippen LogP) is 0.0636. The van der Waals surface area contributed by atoms with E-state index in [9.17, 15) is 4.79 Å². The summed E-state index contributed by atoms with van der Waals surface area (Å²) in [5.74, 6) is -0.556. The first-order valence-corrected chi connectivity index (χ1v) is 3.02. The molecule has 0 heterocycles. The summed E-state index contributed by atoms with van der Waals surface area (Å²) >= 11 is 0. The molecule has 0 saturated heterocycles. The van der Waals surface area contributed by atoms with Crippen LogP contribution in [0.3, 0.4) is 0 Å². The van der Waals surface area contributed by atoms with Crippen molar-refractivity contribution >= 4 is 35.5 Å². The van der Waals surface area contributed by atoms with Gasteiger partial charge in [0, 0.05) is 29.6 Å². The molecule has 0 aliphatic rings. The second-order valence-electron chi connectivity index (χ2n) is 2.57. The Hall–Kier alpha value is 0.430. The minimum Gasteiger partial charge on any atom is -0.480 e. The molecule has 3 nitrogen and oxygen atoms in total. The fourth-order valence-corrected chi connectivity index (χ4v) is 0.609. The molecule has 0 rings (SSSR count). The fourth-order valence-electron chi connectivity index (χ4n) is 0.609. The Morgan fingerprint density at radius 2 is 2.00 bits per heavy atom. The average molecular weight is 154 g/mol. The molecule has 0 aliphatic carbocycles. The molecule has 0 bridgehead atoms. The zero-order chi connectivity index (χ0) is 7.44. The van der Waals surface area contributed by atoms with E-state index in [0.29, 0.717) is 12.3 Å². The van der Waals surface area contributed by atoms with Gasteiger partial charge in [-0.05, 0) is 12.3 Å². The van der Waals surface area contributed by atoms with Crippen LogP contribution in [-0.2, 0) is 4.79 Å². The Labute approximate surface area is 83.3 Å². The summed E-state index contributed by atoms with van der Waals surface area (Å²) in [6.45, 7) is 3.89. The Balaban J connectivity index is 0. The van der Waals surface area contributed by atoms with Gasteiger partial charge in [-0.3, -0.25) is 4.79 Å². The van der Waals surface area contributed by atoms with Gasteiger partial charge in [0.25, 0.3) is 0 Å². The van der Waals surface area contributed by atoms with E-state index in [1.807, 2.05) is 13.8 Å². The van der Waals surface area contributed by atoms with Gasteiger partial charge in [0.05, 0.1) is 0 Å². The van der Waals surface area contributed by atoms with Gasteiger partial charge in [-0.2, -0.15) is 0 Å².